The van der Waals surface area contributed by atoms with Gasteiger partial charge in [0.15, 0.2) is 0 Å². The zero-order chi connectivity index (χ0) is 14.9. The second-order valence-electron chi connectivity index (χ2n) is 4.73. The SMILES string of the molecule is COc1cc(C)c(Br)cc1C(Cl)c1ccc(C)cc1Br. The molecule has 0 aliphatic heterocycles. The van der Waals surface area contributed by atoms with E-state index < -0.39 is 0 Å². The molecule has 106 valence electrons. The van der Waals surface area contributed by atoms with E-state index in [1.54, 1.807) is 7.11 Å². The molecular formula is C16H15Br2ClO. The van der Waals surface area contributed by atoms with Gasteiger partial charge in [0.25, 0.3) is 0 Å². The maximum Gasteiger partial charge on any atom is 0.124 e. The predicted octanol–water partition coefficient (Wildman–Crippen LogP) is 6.17. The van der Waals surface area contributed by atoms with Gasteiger partial charge in [0.2, 0.25) is 0 Å². The lowest BCUT2D eigenvalue weighted by molar-refractivity contribution is 0.409. The predicted molar refractivity (Wildman–Crippen MR) is 92.0 cm³/mol. The third-order valence-corrected chi connectivity index (χ3v) is 5.22. The molecular weight excluding hydrogens is 403 g/mol. The minimum absolute atomic E-state index is 0.267. The Morgan fingerprint density at radius 2 is 1.70 bits per heavy atom. The molecule has 0 aromatic heterocycles. The van der Waals surface area contributed by atoms with Gasteiger partial charge in [-0.1, -0.05) is 44.0 Å². The Morgan fingerprint density at radius 3 is 2.30 bits per heavy atom. The molecule has 0 radical (unpaired) electrons. The van der Waals surface area contributed by atoms with Crippen molar-refractivity contribution in [2.24, 2.45) is 0 Å². The van der Waals surface area contributed by atoms with E-state index in [9.17, 15) is 0 Å². The summed E-state index contributed by atoms with van der Waals surface area (Å²) in [5, 5.41) is -0.267. The first-order chi connectivity index (χ1) is 9.43. The van der Waals surface area contributed by atoms with Gasteiger partial charge in [-0.2, -0.15) is 0 Å². The third kappa shape index (κ3) is 3.21. The minimum Gasteiger partial charge on any atom is -0.496 e. The van der Waals surface area contributed by atoms with Crippen LogP contribution in [0.25, 0.3) is 0 Å². The number of aryl methyl sites for hydroxylation is 2. The first kappa shape index (κ1) is 15.9. The number of hydrogen-bond donors (Lipinski definition) is 0. The molecule has 0 heterocycles. The summed E-state index contributed by atoms with van der Waals surface area (Å²) in [6.07, 6.45) is 0. The Hall–Kier alpha value is -0.510. The van der Waals surface area contributed by atoms with Gasteiger partial charge in [-0.05, 0) is 48.7 Å². The molecule has 1 atom stereocenters. The van der Waals surface area contributed by atoms with E-state index in [1.807, 2.05) is 25.1 Å². The first-order valence-electron chi connectivity index (χ1n) is 6.18. The molecule has 4 heteroatoms. The standard InChI is InChI=1S/C16H15Br2ClO/c1-9-4-5-11(14(18)6-9)16(19)12-8-13(17)10(2)7-15(12)20-3/h4-8,16H,1-3H3. The zero-order valence-electron chi connectivity index (χ0n) is 11.5. The molecule has 1 unspecified atom stereocenters. The summed E-state index contributed by atoms with van der Waals surface area (Å²) >= 11 is 13.8. The highest BCUT2D eigenvalue weighted by Crippen LogP contribution is 2.40. The molecule has 0 spiro atoms. The van der Waals surface area contributed by atoms with Crippen LogP contribution in [-0.2, 0) is 0 Å². The van der Waals surface area contributed by atoms with Crippen LogP contribution in [0.3, 0.4) is 0 Å². The fraction of sp³-hybridized carbons (Fsp3) is 0.250. The van der Waals surface area contributed by atoms with Crippen LogP contribution in [0.1, 0.15) is 27.6 Å². The van der Waals surface area contributed by atoms with Crippen molar-refractivity contribution in [2.75, 3.05) is 7.11 Å². The van der Waals surface area contributed by atoms with E-state index in [4.69, 9.17) is 16.3 Å². The molecule has 0 N–H and O–H groups in total. The summed E-state index contributed by atoms with van der Waals surface area (Å²) in [5.41, 5.74) is 4.31. The van der Waals surface area contributed by atoms with Crippen molar-refractivity contribution >= 4 is 43.5 Å². The second-order valence-corrected chi connectivity index (χ2v) is 6.88. The average molecular weight is 419 g/mol. The van der Waals surface area contributed by atoms with E-state index in [0.29, 0.717) is 0 Å². The van der Waals surface area contributed by atoms with Crippen molar-refractivity contribution in [3.05, 3.63) is 61.5 Å². The molecule has 1 nitrogen and oxygen atoms in total. The van der Waals surface area contributed by atoms with Gasteiger partial charge >= 0.3 is 0 Å². The summed E-state index contributed by atoms with van der Waals surface area (Å²) in [7, 11) is 1.67. The van der Waals surface area contributed by atoms with Crippen molar-refractivity contribution in [1.29, 1.82) is 0 Å². The lowest BCUT2D eigenvalue weighted by Gasteiger charge is -2.17. The Labute approximate surface area is 141 Å². The van der Waals surface area contributed by atoms with Gasteiger partial charge in [0.1, 0.15) is 5.75 Å². The average Bonchev–Trinajstić information content (AvgIpc) is 2.40. The van der Waals surface area contributed by atoms with Gasteiger partial charge in [0.05, 0.1) is 12.5 Å². The highest BCUT2D eigenvalue weighted by atomic mass is 79.9. The van der Waals surface area contributed by atoms with Crippen LogP contribution in [-0.4, -0.2) is 7.11 Å². The van der Waals surface area contributed by atoms with Crippen LogP contribution in [0.5, 0.6) is 5.75 Å². The van der Waals surface area contributed by atoms with E-state index in [2.05, 4.69) is 50.9 Å². The number of halogens is 3. The van der Waals surface area contributed by atoms with Crippen molar-refractivity contribution in [3.63, 3.8) is 0 Å². The van der Waals surface area contributed by atoms with E-state index in [-0.39, 0.29) is 5.38 Å². The third-order valence-electron chi connectivity index (χ3n) is 3.21. The summed E-state index contributed by atoms with van der Waals surface area (Å²) in [6.45, 7) is 4.09. The van der Waals surface area contributed by atoms with Crippen LogP contribution < -0.4 is 4.74 Å². The number of rotatable bonds is 3. The molecule has 0 saturated heterocycles. The number of hydrogen-bond acceptors (Lipinski definition) is 1. The summed E-state index contributed by atoms with van der Waals surface area (Å²) in [5.74, 6) is 0.804. The quantitative estimate of drug-likeness (QED) is 0.542. The monoisotopic (exact) mass is 416 g/mol. The molecule has 0 saturated carbocycles. The largest absolute Gasteiger partial charge is 0.496 e. The van der Waals surface area contributed by atoms with Gasteiger partial charge < -0.3 is 4.74 Å². The zero-order valence-corrected chi connectivity index (χ0v) is 15.4. The van der Waals surface area contributed by atoms with Crippen molar-refractivity contribution in [1.82, 2.24) is 0 Å². The van der Waals surface area contributed by atoms with Gasteiger partial charge in [0, 0.05) is 14.5 Å². The van der Waals surface area contributed by atoms with Crippen LogP contribution in [0.4, 0.5) is 0 Å². The Balaban J connectivity index is 2.52. The normalized spacial score (nSPS) is 12.3. The Morgan fingerprint density at radius 1 is 1.00 bits per heavy atom. The molecule has 0 amide bonds. The highest BCUT2D eigenvalue weighted by Gasteiger charge is 2.19. The number of ether oxygens (including phenoxy) is 1. The topological polar surface area (TPSA) is 9.23 Å². The maximum atomic E-state index is 6.67. The van der Waals surface area contributed by atoms with Crippen molar-refractivity contribution in [2.45, 2.75) is 19.2 Å². The fourth-order valence-electron chi connectivity index (χ4n) is 2.05. The molecule has 0 bridgehead atoms. The minimum atomic E-state index is -0.267. The molecule has 20 heavy (non-hydrogen) atoms. The highest BCUT2D eigenvalue weighted by molar-refractivity contribution is 9.10. The summed E-state index contributed by atoms with van der Waals surface area (Å²) in [4.78, 5) is 0. The van der Waals surface area contributed by atoms with Crippen LogP contribution >= 0.6 is 43.5 Å². The van der Waals surface area contributed by atoms with E-state index in [1.165, 1.54) is 5.56 Å². The fourth-order valence-corrected chi connectivity index (χ4v) is 3.63. The van der Waals surface area contributed by atoms with E-state index >= 15 is 0 Å². The molecule has 2 aromatic carbocycles. The summed E-state index contributed by atoms with van der Waals surface area (Å²) in [6, 6.07) is 10.2. The Bertz CT molecular complexity index is 641. The molecule has 0 aliphatic carbocycles. The number of methoxy groups -OCH3 is 1. The first-order valence-corrected chi connectivity index (χ1v) is 8.20. The Kier molecular flexibility index (Phi) is 5.16. The number of benzene rings is 2. The van der Waals surface area contributed by atoms with Crippen LogP contribution in [0.2, 0.25) is 0 Å². The molecule has 2 aromatic rings. The lowest BCUT2D eigenvalue weighted by atomic mass is 10.0. The van der Waals surface area contributed by atoms with E-state index in [0.717, 1.165) is 31.4 Å². The lowest BCUT2D eigenvalue weighted by Crippen LogP contribution is -2.00. The second kappa shape index (κ2) is 6.50. The molecule has 2 rings (SSSR count). The molecule has 0 aliphatic rings. The van der Waals surface area contributed by atoms with Crippen molar-refractivity contribution < 1.29 is 4.74 Å². The van der Waals surface area contributed by atoms with Gasteiger partial charge in [-0.15, -0.1) is 11.6 Å². The maximum absolute atomic E-state index is 6.67. The van der Waals surface area contributed by atoms with Gasteiger partial charge in [-0.25, -0.2) is 0 Å². The smallest absolute Gasteiger partial charge is 0.124 e. The van der Waals surface area contributed by atoms with Crippen LogP contribution in [0.15, 0.2) is 39.3 Å². The van der Waals surface area contributed by atoms with Gasteiger partial charge in [-0.3, -0.25) is 0 Å². The molecule has 0 fully saturated rings. The summed E-state index contributed by atoms with van der Waals surface area (Å²) < 4.78 is 7.51. The number of alkyl halides is 1. The van der Waals surface area contributed by atoms with Crippen LogP contribution in [0, 0.1) is 13.8 Å². The van der Waals surface area contributed by atoms with Crippen molar-refractivity contribution in [3.8, 4) is 5.75 Å².